The lowest BCUT2D eigenvalue weighted by molar-refractivity contribution is -0.134. The topological polar surface area (TPSA) is 114 Å². The van der Waals surface area contributed by atoms with E-state index in [0.717, 1.165) is 48.3 Å². The molecule has 10 nitrogen and oxygen atoms in total. The van der Waals surface area contributed by atoms with E-state index in [1.165, 1.54) is 19.3 Å². The molecule has 2 aromatic rings. The van der Waals surface area contributed by atoms with E-state index in [1.807, 2.05) is 47.1 Å². The van der Waals surface area contributed by atoms with Gasteiger partial charge in [-0.2, -0.15) is 0 Å². The summed E-state index contributed by atoms with van der Waals surface area (Å²) in [6.45, 7) is 7.18. The number of fused-ring (bicyclic) bond motifs is 1. The minimum Gasteiger partial charge on any atom is -0.397 e. The number of anilines is 2. The lowest BCUT2D eigenvalue weighted by Gasteiger charge is -2.42. The molecule has 3 saturated heterocycles. The van der Waals surface area contributed by atoms with Gasteiger partial charge < -0.3 is 36.0 Å². The van der Waals surface area contributed by atoms with Crippen molar-refractivity contribution in [2.24, 2.45) is 0 Å². The number of nitrogens with one attached hydrogen (secondary N) is 2. The van der Waals surface area contributed by atoms with E-state index in [1.54, 1.807) is 11.0 Å². The van der Waals surface area contributed by atoms with Gasteiger partial charge in [0.1, 0.15) is 6.04 Å². The lowest BCUT2D eigenvalue weighted by Crippen LogP contribution is -2.57. The molecule has 0 radical (unpaired) electrons. The predicted molar refractivity (Wildman–Crippen MR) is 177 cm³/mol. The molecule has 45 heavy (non-hydrogen) atoms. The van der Waals surface area contributed by atoms with Crippen molar-refractivity contribution in [3.63, 3.8) is 0 Å². The number of carbonyl (C=O) groups excluding carboxylic acids is 3. The van der Waals surface area contributed by atoms with Crippen LogP contribution in [-0.4, -0.2) is 95.0 Å². The zero-order valence-electron chi connectivity index (χ0n) is 26.3. The van der Waals surface area contributed by atoms with Crippen molar-refractivity contribution in [1.82, 2.24) is 24.9 Å². The number of urea groups is 2. The van der Waals surface area contributed by atoms with Crippen molar-refractivity contribution in [3.8, 4) is 0 Å². The van der Waals surface area contributed by atoms with E-state index in [0.29, 0.717) is 68.7 Å². The molecule has 0 bridgehead atoms. The highest BCUT2D eigenvalue weighted by atomic mass is 35.5. The number of rotatable bonds is 6. The smallest absolute Gasteiger partial charge is 0.322 e. The molecule has 11 heteroatoms. The standard InChI is InChI=1S/C34H46ClN7O3/c1-23-19-24(20-28(35)31(23)36)21-30(32(43)40-15-9-26(10-16-40)39-13-5-2-6-14-39)38-33(44)41-17-11-27(12-18-41)42-22-25-7-3-4-8-29(25)37-34(42)45/h3-4,7-8,19-20,26-27,30H,2,5-6,9-18,21-22,36H2,1H3,(H,37,45)(H,38,44)/t30-/m1/s1. The second-order valence-electron chi connectivity index (χ2n) is 13.1. The molecule has 0 saturated carbocycles. The van der Waals surface area contributed by atoms with Crippen LogP contribution < -0.4 is 16.4 Å². The van der Waals surface area contributed by atoms with Crippen LogP contribution >= 0.6 is 11.6 Å². The first-order valence-corrected chi connectivity index (χ1v) is 16.9. The van der Waals surface area contributed by atoms with E-state index < -0.39 is 6.04 Å². The molecule has 3 fully saturated rings. The maximum atomic E-state index is 14.0. The highest BCUT2D eigenvalue weighted by Crippen LogP contribution is 2.29. The third-order valence-electron chi connectivity index (χ3n) is 10.2. The first kappa shape index (κ1) is 31.5. The molecule has 4 aliphatic rings. The van der Waals surface area contributed by atoms with Gasteiger partial charge in [-0.25, -0.2) is 9.59 Å². The largest absolute Gasteiger partial charge is 0.397 e. The number of halogens is 1. The van der Waals surface area contributed by atoms with Crippen LogP contribution in [0.25, 0.3) is 0 Å². The summed E-state index contributed by atoms with van der Waals surface area (Å²) in [7, 11) is 0. The van der Waals surface area contributed by atoms with E-state index in [9.17, 15) is 14.4 Å². The number of carbonyl (C=O) groups is 3. The molecule has 0 unspecified atom stereocenters. The molecule has 4 heterocycles. The Hall–Kier alpha value is -3.50. The molecule has 4 aliphatic heterocycles. The van der Waals surface area contributed by atoms with Crippen molar-refractivity contribution < 1.29 is 14.4 Å². The molecular formula is C34H46ClN7O3. The van der Waals surface area contributed by atoms with Crippen LogP contribution in [0.4, 0.5) is 21.0 Å². The Kier molecular flexibility index (Phi) is 9.70. The van der Waals surface area contributed by atoms with Crippen LogP contribution in [0.1, 0.15) is 61.6 Å². The number of hydrogen-bond acceptors (Lipinski definition) is 5. The summed E-state index contributed by atoms with van der Waals surface area (Å²) in [6, 6.07) is 11.1. The predicted octanol–water partition coefficient (Wildman–Crippen LogP) is 4.84. The second kappa shape index (κ2) is 13.9. The molecular weight excluding hydrogens is 590 g/mol. The van der Waals surface area contributed by atoms with Crippen molar-refractivity contribution in [2.45, 2.75) is 83.0 Å². The monoisotopic (exact) mass is 635 g/mol. The summed E-state index contributed by atoms with van der Waals surface area (Å²) < 4.78 is 0. The number of nitrogens with zero attached hydrogens (tertiary/aromatic N) is 4. The van der Waals surface area contributed by atoms with Crippen LogP contribution in [0.3, 0.4) is 0 Å². The fourth-order valence-corrected chi connectivity index (χ4v) is 7.76. The Labute approximate surface area is 271 Å². The molecule has 6 rings (SSSR count). The lowest BCUT2D eigenvalue weighted by atomic mass is 9.97. The van der Waals surface area contributed by atoms with Gasteiger partial charge in [-0.1, -0.05) is 42.3 Å². The van der Waals surface area contributed by atoms with Crippen LogP contribution in [0, 0.1) is 6.92 Å². The maximum absolute atomic E-state index is 14.0. The molecule has 2 aromatic carbocycles. The van der Waals surface area contributed by atoms with Gasteiger partial charge in [-0.3, -0.25) is 4.79 Å². The maximum Gasteiger partial charge on any atom is 0.322 e. The number of likely N-dealkylation sites (tertiary alicyclic amines) is 3. The third kappa shape index (κ3) is 7.17. The molecule has 5 amide bonds. The second-order valence-corrected chi connectivity index (χ2v) is 13.5. The first-order valence-electron chi connectivity index (χ1n) is 16.5. The van der Waals surface area contributed by atoms with Crippen molar-refractivity contribution in [3.05, 3.63) is 58.1 Å². The number of benzene rings is 2. The summed E-state index contributed by atoms with van der Waals surface area (Å²) in [4.78, 5) is 48.7. The van der Waals surface area contributed by atoms with Gasteiger partial charge in [-0.05, 0) is 87.4 Å². The molecule has 242 valence electrons. The van der Waals surface area contributed by atoms with Gasteiger partial charge in [0, 0.05) is 56.9 Å². The van der Waals surface area contributed by atoms with E-state index in [4.69, 9.17) is 17.3 Å². The van der Waals surface area contributed by atoms with Crippen LogP contribution in [-0.2, 0) is 17.8 Å². The Morgan fingerprint density at radius 1 is 0.956 bits per heavy atom. The third-order valence-corrected chi connectivity index (χ3v) is 10.5. The molecule has 0 aliphatic carbocycles. The van der Waals surface area contributed by atoms with E-state index >= 15 is 0 Å². The minimum atomic E-state index is -0.717. The summed E-state index contributed by atoms with van der Waals surface area (Å²) in [6.07, 6.45) is 7.44. The van der Waals surface area contributed by atoms with Gasteiger partial charge in [0.25, 0.3) is 0 Å². The Bertz CT molecular complexity index is 1370. The van der Waals surface area contributed by atoms with Gasteiger partial charge in [0.15, 0.2) is 0 Å². The number of piperidine rings is 3. The zero-order valence-corrected chi connectivity index (χ0v) is 27.0. The summed E-state index contributed by atoms with van der Waals surface area (Å²) >= 11 is 6.41. The minimum absolute atomic E-state index is 0.0425. The van der Waals surface area contributed by atoms with Crippen LogP contribution in [0.5, 0.6) is 0 Å². The number of nitrogen functional groups attached to an aromatic ring is 1. The molecule has 0 spiro atoms. The Morgan fingerprint density at radius 3 is 2.33 bits per heavy atom. The number of nitrogens with two attached hydrogens (primary N) is 1. The first-order chi connectivity index (χ1) is 21.8. The Morgan fingerprint density at radius 2 is 1.62 bits per heavy atom. The van der Waals surface area contributed by atoms with E-state index in [-0.39, 0.29) is 24.0 Å². The van der Waals surface area contributed by atoms with Gasteiger partial charge in [-0.15, -0.1) is 0 Å². The van der Waals surface area contributed by atoms with Crippen molar-refractivity contribution >= 4 is 40.9 Å². The normalized spacial score (nSPS) is 20.8. The Balaban J connectivity index is 1.09. The average Bonchev–Trinajstić information content (AvgIpc) is 3.06. The SMILES string of the molecule is Cc1cc(C[C@@H](NC(=O)N2CCC(N3Cc4ccccc4NC3=O)CC2)C(=O)N2CCC(N3CCCCC3)CC2)cc(Cl)c1N. The summed E-state index contributed by atoms with van der Waals surface area (Å²) in [5.74, 6) is -0.0513. The fourth-order valence-electron chi connectivity index (χ4n) is 7.47. The summed E-state index contributed by atoms with van der Waals surface area (Å²) in [5, 5.41) is 6.55. The van der Waals surface area contributed by atoms with Crippen LogP contribution in [0.2, 0.25) is 5.02 Å². The number of para-hydroxylation sites is 1. The number of aryl methyl sites for hydroxylation is 1. The highest BCUT2D eigenvalue weighted by molar-refractivity contribution is 6.33. The van der Waals surface area contributed by atoms with E-state index in [2.05, 4.69) is 15.5 Å². The zero-order chi connectivity index (χ0) is 31.5. The number of hydrogen-bond donors (Lipinski definition) is 3. The molecule has 4 N–H and O–H groups in total. The quantitative estimate of drug-likeness (QED) is 0.393. The average molecular weight is 636 g/mol. The fraction of sp³-hybridized carbons (Fsp3) is 0.559. The van der Waals surface area contributed by atoms with Crippen molar-refractivity contribution in [2.75, 3.05) is 50.3 Å². The van der Waals surface area contributed by atoms with Gasteiger partial charge >= 0.3 is 12.1 Å². The highest BCUT2D eigenvalue weighted by Gasteiger charge is 2.35. The molecule has 1 atom stereocenters. The molecule has 0 aromatic heterocycles. The van der Waals surface area contributed by atoms with Crippen molar-refractivity contribution in [1.29, 1.82) is 0 Å². The summed E-state index contributed by atoms with van der Waals surface area (Å²) in [5.41, 5.74) is 10.3. The number of amides is 5. The van der Waals surface area contributed by atoms with Gasteiger partial charge in [0.2, 0.25) is 5.91 Å². The van der Waals surface area contributed by atoms with Gasteiger partial charge in [0.05, 0.1) is 10.7 Å². The van der Waals surface area contributed by atoms with Crippen LogP contribution in [0.15, 0.2) is 36.4 Å².